The van der Waals surface area contributed by atoms with Crippen molar-refractivity contribution in [3.05, 3.63) is 33.8 Å². The predicted molar refractivity (Wildman–Crippen MR) is 76.5 cm³/mol. The van der Waals surface area contributed by atoms with Crippen molar-refractivity contribution in [1.82, 2.24) is 5.43 Å². The molecule has 0 aliphatic rings. The van der Waals surface area contributed by atoms with Crippen LogP contribution in [0.5, 0.6) is 0 Å². The number of carbonyl (C=O) groups is 1. The van der Waals surface area contributed by atoms with Crippen molar-refractivity contribution in [2.45, 2.75) is 27.2 Å². The molecule has 18 heavy (non-hydrogen) atoms. The van der Waals surface area contributed by atoms with E-state index in [-0.39, 0.29) is 5.91 Å². The highest BCUT2D eigenvalue weighted by Crippen LogP contribution is 2.20. The fraction of sp³-hybridized carbons (Fsp3) is 0.385. The highest BCUT2D eigenvalue weighted by Gasteiger charge is 2.11. The third-order valence-corrected chi connectivity index (χ3v) is 3.40. The van der Waals surface area contributed by atoms with Crippen molar-refractivity contribution in [3.8, 4) is 0 Å². The van der Waals surface area contributed by atoms with E-state index in [1.807, 2.05) is 6.92 Å². The fourth-order valence-electron chi connectivity index (χ4n) is 1.28. The molecule has 0 spiro atoms. The molecule has 0 fully saturated rings. The Kier molecular flexibility index (Phi) is 5.63. The van der Waals surface area contributed by atoms with Gasteiger partial charge in [-0.15, -0.1) is 0 Å². The van der Waals surface area contributed by atoms with Gasteiger partial charge in [0.2, 0.25) is 0 Å². The van der Waals surface area contributed by atoms with Crippen LogP contribution in [-0.4, -0.2) is 11.6 Å². The maximum Gasteiger partial charge on any atom is 0.272 e. The quantitative estimate of drug-likeness (QED) is 0.656. The fourth-order valence-corrected chi connectivity index (χ4v) is 1.65. The lowest BCUT2D eigenvalue weighted by Gasteiger charge is -2.08. The summed E-state index contributed by atoms with van der Waals surface area (Å²) in [6, 6.07) is 4.74. The van der Waals surface area contributed by atoms with Gasteiger partial charge in [-0.3, -0.25) is 4.79 Å². The van der Waals surface area contributed by atoms with Crippen LogP contribution in [0, 0.1) is 5.92 Å². The van der Waals surface area contributed by atoms with Crippen molar-refractivity contribution in [1.29, 1.82) is 0 Å². The third kappa shape index (κ3) is 4.00. The zero-order chi connectivity index (χ0) is 13.7. The van der Waals surface area contributed by atoms with Crippen LogP contribution in [0.25, 0.3) is 0 Å². The zero-order valence-corrected chi connectivity index (χ0v) is 12.1. The van der Waals surface area contributed by atoms with Crippen LogP contribution >= 0.6 is 23.2 Å². The first-order valence-electron chi connectivity index (χ1n) is 5.75. The Hall–Kier alpha value is -1.06. The SMILES string of the molecule is CC[C@H](C)/C(C)=N\NC(=O)c1cc(Cl)ccc1Cl. The molecule has 0 radical (unpaired) electrons. The summed E-state index contributed by atoms with van der Waals surface area (Å²) in [6.07, 6.45) is 0.975. The van der Waals surface area contributed by atoms with Gasteiger partial charge < -0.3 is 0 Å². The van der Waals surface area contributed by atoms with E-state index in [1.165, 1.54) is 6.07 Å². The monoisotopic (exact) mass is 286 g/mol. The highest BCUT2D eigenvalue weighted by atomic mass is 35.5. The Balaban J connectivity index is 2.80. The molecule has 0 aromatic heterocycles. The Morgan fingerprint density at radius 1 is 1.44 bits per heavy atom. The van der Waals surface area contributed by atoms with E-state index in [0.29, 0.717) is 21.5 Å². The van der Waals surface area contributed by atoms with E-state index in [2.05, 4.69) is 24.4 Å². The summed E-state index contributed by atoms with van der Waals surface area (Å²) in [5.74, 6) is -0.0229. The maximum atomic E-state index is 11.9. The molecule has 0 aliphatic heterocycles. The molecule has 0 heterocycles. The van der Waals surface area contributed by atoms with Crippen molar-refractivity contribution < 1.29 is 4.79 Å². The molecule has 1 N–H and O–H groups in total. The number of halogens is 2. The van der Waals surface area contributed by atoms with Crippen LogP contribution in [0.1, 0.15) is 37.6 Å². The van der Waals surface area contributed by atoms with E-state index in [1.54, 1.807) is 12.1 Å². The van der Waals surface area contributed by atoms with Crippen LogP contribution in [0.4, 0.5) is 0 Å². The molecule has 0 unspecified atom stereocenters. The second-order valence-corrected chi connectivity index (χ2v) is 4.97. The van der Waals surface area contributed by atoms with Gasteiger partial charge in [-0.25, -0.2) is 5.43 Å². The summed E-state index contributed by atoms with van der Waals surface area (Å²) in [6.45, 7) is 6.00. The lowest BCUT2D eigenvalue weighted by Crippen LogP contribution is -2.21. The summed E-state index contributed by atoms with van der Waals surface area (Å²) in [7, 11) is 0. The first-order chi connectivity index (χ1) is 8.45. The van der Waals surface area contributed by atoms with E-state index < -0.39 is 0 Å². The number of hydrazone groups is 1. The summed E-state index contributed by atoms with van der Waals surface area (Å²) in [5, 5.41) is 4.88. The molecular weight excluding hydrogens is 271 g/mol. The zero-order valence-electron chi connectivity index (χ0n) is 10.6. The molecule has 1 rings (SSSR count). The molecule has 0 saturated heterocycles. The second-order valence-electron chi connectivity index (χ2n) is 4.13. The van der Waals surface area contributed by atoms with Gasteiger partial charge in [0, 0.05) is 10.7 Å². The number of carbonyl (C=O) groups excluding carboxylic acids is 1. The molecule has 3 nitrogen and oxygen atoms in total. The molecule has 0 saturated carbocycles. The Morgan fingerprint density at radius 3 is 2.72 bits per heavy atom. The maximum absolute atomic E-state index is 11.9. The van der Waals surface area contributed by atoms with E-state index >= 15 is 0 Å². The minimum Gasteiger partial charge on any atom is -0.267 e. The molecule has 98 valence electrons. The Labute approximate surface area is 117 Å². The number of nitrogens with one attached hydrogen (secondary N) is 1. The van der Waals surface area contributed by atoms with Gasteiger partial charge in [0.05, 0.1) is 10.6 Å². The third-order valence-electron chi connectivity index (χ3n) is 2.83. The first-order valence-corrected chi connectivity index (χ1v) is 6.50. The topological polar surface area (TPSA) is 41.5 Å². The summed E-state index contributed by atoms with van der Waals surface area (Å²) >= 11 is 11.8. The van der Waals surface area contributed by atoms with Crippen LogP contribution in [0.15, 0.2) is 23.3 Å². The largest absolute Gasteiger partial charge is 0.272 e. The van der Waals surface area contributed by atoms with Crippen molar-refractivity contribution in [2.75, 3.05) is 0 Å². The Morgan fingerprint density at radius 2 is 2.11 bits per heavy atom. The van der Waals surface area contributed by atoms with Gasteiger partial charge in [0.25, 0.3) is 5.91 Å². The number of hydrogen-bond donors (Lipinski definition) is 1. The van der Waals surface area contributed by atoms with Gasteiger partial charge in [-0.1, -0.05) is 37.0 Å². The average molecular weight is 287 g/mol. The minimum absolute atomic E-state index is 0.324. The van der Waals surface area contributed by atoms with Gasteiger partial charge in [-0.2, -0.15) is 5.10 Å². The number of benzene rings is 1. The standard InChI is InChI=1S/C13H16Cl2N2O/c1-4-8(2)9(3)16-17-13(18)11-7-10(14)5-6-12(11)15/h5-8H,4H2,1-3H3,(H,17,18)/b16-9-/t8-/m0/s1. The molecule has 1 aromatic carbocycles. The molecule has 5 heteroatoms. The number of nitrogens with zero attached hydrogens (tertiary/aromatic N) is 1. The number of rotatable bonds is 4. The lowest BCUT2D eigenvalue weighted by atomic mass is 10.1. The lowest BCUT2D eigenvalue weighted by molar-refractivity contribution is 0.0954. The molecular formula is C13H16Cl2N2O. The van der Waals surface area contributed by atoms with Crippen molar-refractivity contribution in [3.63, 3.8) is 0 Å². The van der Waals surface area contributed by atoms with E-state index in [0.717, 1.165) is 12.1 Å². The minimum atomic E-state index is -0.356. The van der Waals surface area contributed by atoms with E-state index in [9.17, 15) is 4.79 Å². The molecule has 1 atom stereocenters. The number of hydrogen-bond acceptors (Lipinski definition) is 2. The smallest absolute Gasteiger partial charge is 0.267 e. The molecule has 1 amide bonds. The van der Waals surface area contributed by atoms with Gasteiger partial charge in [0.15, 0.2) is 0 Å². The van der Waals surface area contributed by atoms with Crippen molar-refractivity contribution >= 4 is 34.8 Å². The van der Waals surface area contributed by atoms with E-state index in [4.69, 9.17) is 23.2 Å². The van der Waals surface area contributed by atoms with Gasteiger partial charge in [-0.05, 0) is 37.5 Å². The van der Waals surface area contributed by atoms with Gasteiger partial charge >= 0.3 is 0 Å². The predicted octanol–water partition coefficient (Wildman–Crippen LogP) is 4.15. The van der Waals surface area contributed by atoms with Crippen LogP contribution in [0.3, 0.4) is 0 Å². The summed E-state index contributed by atoms with van der Waals surface area (Å²) < 4.78 is 0. The molecule has 0 bridgehead atoms. The average Bonchev–Trinajstić information content (AvgIpc) is 2.37. The summed E-state index contributed by atoms with van der Waals surface area (Å²) in [5.41, 5.74) is 3.69. The molecule has 1 aromatic rings. The van der Waals surface area contributed by atoms with Crippen LogP contribution in [-0.2, 0) is 0 Å². The van der Waals surface area contributed by atoms with Gasteiger partial charge in [0.1, 0.15) is 0 Å². The second kappa shape index (κ2) is 6.76. The van der Waals surface area contributed by atoms with Crippen LogP contribution < -0.4 is 5.43 Å². The first kappa shape index (κ1) is 15.0. The number of amides is 1. The van der Waals surface area contributed by atoms with Crippen molar-refractivity contribution in [2.24, 2.45) is 11.0 Å². The Bertz CT molecular complexity index is 472. The highest BCUT2D eigenvalue weighted by molar-refractivity contribution is 6.35. The summed E-state index contributed by atoms with van der Waals surface area (Å²) in [4.78, 5) is 11.9. The normalized spacial score (nSPS) is 13.3. The van der Waals surface area contributed by atoms with Crippen LogP contribution in [0.2, 0.25) is 10.0 Å². The molecule has 0 aliphatic carbocycles.